The van der Waals surface area contributed by atoms with Crippen LogP contribution in [0.4, 0.5) is 0 Å². The molecule has 0 unspecified atom stereocenters. The molecule has 0 amide bonds. The summed E-state index contributed by atoms with van der Waals surface area (Å²) in [6.07, 6.45) is 0. The molecule has 0 aliphatic heterocycles. The molecule has 0 N–H and O–H groups in total. The maximum Gasteiger partial charge on any atom is 0 e. The van der Waals surface area contributed by atoms with Crippen LogP contribution in [0.15, 0.2) is 0 Å². The summed E-state index contributed by atoms with van der Waals surface area (Å²) in [4.78, 5) is 0. The van der Waals surface area contributed by atoms with Crippen LogP contribution in [0.25, 0.3) is 0 Å². The zero-order valence-corrected chi connectivity index (χ0v) is 15.0. The van der Waals surface area contributed by atoms with Crippen molar-refractivity contribution in [2.45, 2.75) is 0 Å². The Morgan fingerprint density at radius 2 is 1.20 bits per heavy atom. The fourth-order valence-corrected chi connectivity index (χ4v) is 0. The van der Waals surface area contributed by atoms with E-state index in [1.165, 1.54) is 0 Å². The Hall–Kier alpha value is 3.47. The van der Waals surface area contributed by atoms with Gasteiger partial charge in [0.2, 0.25) is 0 Å². The Kier molecular flexibility index (Phi) is 123. The standard InChI is InChI=1S/Cd.Cu.Ga.In.Se. The second-order valence-electron chi connectivity index (χ2n) is 0. The van der Waals surface area contributed by atoms with E-state index >= 15 is 0 Å². The van der Waals surface area contributed by atoms with E-state index in [4.69, 9.17) is 0 Å². The molecule has 25 valence electrons. The first kappa shape index (κ1) is 23.7. The molecule has 5 radical (unpaired) electrons. The molecule has 0 saturated heterocycles. The van der Waals surface area contributed by atoms with Gasteiger partial charge in [0, 0.05) is 70.2 Å². The molecule has 0 rings (SSSR count). The van der Waals surface area contributed by atoms with E-state index in [0.29, 0.717) is 0 Å². The van der Waals surface area contributed by atoms with Gasteiger partial charge in [-0.05, 0) is 0 Å². The van der Waals surface area contributed by atoms with Crippen molar-refractivity contribution in [3.05, 3.63) is 0 Å². The summed E-state index contributed by atoms with van der Waals surface area (Å²) in [5, 5.41) is 0. The van der Waals surface area contributed by atoms with Crippen molar-refractivity contribution in [2.75, 3.05) is 0 Å². The molecule has 5 heteroatoms. The number of hydrogen-bond donors (Lipinski definition) is 0. The molecule has 0 aliphatic carbocycles. The molecule has 0 aromatic carbocycles. The van der Waals surface area contributed by atoms with E-state index in [1.54, 1.807) is 16.0 Å². The Morgan fingerprint density at radius 3 is 1.20 bits per heavy atom. The monoisotopic (exact) mass is 441 g/mol. The molecule has 5 heavy (non-hydrogen) atoms. The predicted octanol–water partition coefficient (Wildman–Crippen LogP) is -1.15. The fraction of sp³-hybridized carbons (Fsp3) is 0. The van der Waals surface area contributed by atoms with Gasteiger partial charge in [0.1, 0.15) is 0 Å². The van der Waals surface area contributed by atoms with Crippen LogP contribution in [0.1, 0.15) is 0 Å². The van der Waals surface area contributed by atoms with Gasteiger partial charge >= 0.3 is 29.1 Å². The molecular formula is CdCuGaInSe. The normalized spacial score (nSPS) is 0.600. The quantitative estimate of drug-likeness (QED) is 0.419. The fourth-order valence-electron chi connectivity index (χ4n) is 0. The van der Waals surface area contributed by atoms with E-state index in [2.05, 4.69) is 13.1 Å². The second kappa shape index (κ2) is 26.0. The van der Waals surface area contributed by atoms with Gasteiger partial charge < -0.3 is 0 Å². The van der Waals surface area contributed by atoms with Crippen LogP contribution in [-0.2, 0) is 44.4 Å². The minimum absolute atomic E-state index is 0. The zero-order valence-electron chi connectivity index (χ0n) is 2.57. The second-order valence-corrected chi connectivity index (χ2v) is 0. The van der Waals surface area contributed by atoms with Gasteiger partial charge in [0.15, 0.2) is 0 Å². The van der Waals surface area contributed by atoms with Gasteiger partial charge in [-0.2, -0.15) is 0 Å². The van der Waals surface area contributed by atoms with Crippen LogP contribution < -0.4 is 0 Å². The Bertz CT molecular complexity index is 11.6. The first-order valence-electron chi connectivity index (χ1n) is 0.236. The summed E-state index contributed by atoms with van der Waals surface area (Å²) in [6.45, 7) is 0. The van der Waals surface area contributed by atoms with Gasteiger partial charge in [-0.3, -0.25) is 0 Å². The summed E-state index contributed by atoms with van der Waals surface area (Å²) in [5.41, 5.74) is 0. The van der Waals surface area contributed by atoms with E-state index in [-0.39, 0.29) is 70.2 Å². The van der Waals surface area contributed by atoms with Gasteiger partial charge in [-0.15, -0.1) is 0 Å². The van der Waals surface area contributed by atoms with Crippen LogP contribution in [0.5, 0.6) is 0 Å². The van der Waals surface area contributed by atoms with Gasteiger partial charge in [-0.25, -0.2) is 0 Å². The molecule has 0 nitrogen and oxygen atoms in total. The Morgan fingerprint density at radius 1 is 1.20 bits per heavy atom. The summed E-state index contributed by atoms with van der Waals surface area (Å²) in [5.74, 6) is 0. The van der Waals surface area contributed by atoms with Crippen molar-refractivity contribution in [3.63, 3.8) is 0 Å². The predicted molar refractivity (Wildman–Crippen MR) is 17.3 cm³/mol. The van der Waals surface area contributed by atoms with Crippen molar-refractivity contribution < 1.29 is 44.4 Å². The minimum atomic E-state index is 0. The van der Waals surface area contributed by atoms with Crippen LogP contribution in [-0.4, -0.2) is 55.0 Å². The van der Waals surface area contributed by atoms with Gasteiger partial charge in [0.25, 0.3) is 0 Å². The molecule has 0 saturated carbocycles. The number of rotatable bonds is 0. The van der Waals surface area contributed by atoms with Crippen molar-refractivity contribution in [1.82, 2.24) is 0 Å². The molecule has 0 aromatic rings. The van der Waals surface area contributed by atoms with E-state index < -0.39 is 0 Å². The summed E-state index contributed by atoms with van der Waals surface area (Å²) < 4.78 is 0. The SMILES string of the molecule is [Cd].[Cu].[Ga]=[Se].[In]. The molecule has 0 aromatic heterocycles. The van der Waals surface area contributed by atoms with Crippen molar-refractivity contribution in [2.24, 2.45) is 0 Å². The van der Waals surface area contributed by atoms with E-state index in [9.17, 15) is 0 Å². The smallest absolute Gasteiger partial charge is 0 e. The molecule has 0 heterocycles. The average Bonchev–Trinajstić information content (AvgIpc) is 1.00. The third-order valence-corrected chi connectivity index (χ3v) is 0. The minimum Gasteiger partial charge on any atom is 0 e. The van der Waals surface area contributed by atoms with Gasteiger partial charge in [-0.1, -0.05) is 0 Å². The third kappa shape index (κ3) is 18.6. The molecule has 0 fully saturated rings. The van der Waals surface area contributed by atoms with Crippen LogP contribution >= 0.6 is 0 Å². The van der Waals surface area contributed by atoms with E-state index in [0.717, 1.165) is 0 Å². The summed E-state index contributed by atoms with van der Waals surface area (Å²) in [6, 6.07) is 0. The zero-order chi connectivity index (χ0) is 2.00. The number of hydrogen-bond acceptors (Lipinski definition) is 0. The largest absolute Gasteiger partial charge is 0 e. The topological polar surface area (TPSA) is 0 Å². The molecule has 0 spiro atoms. The Labute approximate surface area is 97.2 Å². The first-order chi connectivity index (χ1) is 1.00. The molecular weight excluding hydrogens is 439 g/mol. The molecule has 0 bridgehead atoms. The summed E-state index contributed by atoms with van der Waals surface area (Å²) >= 11 is 4.25. The van der Waals surface area contributed by atoms with Crippen LogP contribution in [0.3, 0.4) is 0 Å². The first-order valence-corrected chi connectivity index (χ1v) is 6.36. The third-order valence-electron chi connectivity index (χ3n) is 0. The van der Waals surface area contributed by atoms with Crippen molar-refractivity contribution in [3.8, 4) is 0 Å². The average molecular weight is 439 g/mol. The molecule has 0 atom stereocenters. The van der Waals surface area contributed by atoms with Crippen molar-refractivity contribution in [1.29, 1.82) is 0 Å². The van der Waals surface area contributed by atoms with Crippen LogP contribution in [0, 0.1) is 0 Å². The Balaban J connectivity index is -0.00000000167. The van der Waals surface area contributed by atoms with Gasteiger partial charge in [0.05, 0.1) is 0 Å². The summed E-state index contributed by atoms with van der Waals surface area (Å²) in [7, 11) is 0. The van der Waals surface area contributed by atoms with E-state index in [1.807, 2.05) is 0 Å². The molecule has 0 aliphatic rings. The van der Waals surface area contributed by atoms with Crippen molar-refractivity contribution >= 4 is 55.0 Å². The maximum absolute atomic E-state index is 2.69. The maximum atomic E-state index is 2.69. The van der Waals surface area contributed by atoms with Crippen LogP contribution in [0.2, 0.25) is 0 Å².